The van der Waals surface area contributed by atoms with E-state index in [1.54, 1.807) is 24.3 Å². The van der Waals surface area contributed by atoms with Gasteiger partial charge in [-0.1, -0.05) is 13.3 Å². The van der Waals surface area contributed by atoms with Crippen molar-refractivity contribution in [1.82, 2.24) is 0 Å². The van der Waals surface area contributed by atoms with Crippen LogP contribution in [0.5, 0.6) is 5.75 Å². The van der Waals surface area contributed by atoms with Crippen LogP contribution in [0.2, 0.25) is 0 Å². The molecule has 2 aromatic carbocycles. The van der Waals surface area contributed by atoms with Gasteiger partial charge in [0.15, 0.2) is 0 Å². The first-order valence-corrected chi connectivity index (χ1v) is 13.6. The quantitative estimate of drug-likeness (QED) is 0.114. The molecule has 39 heavy (non-hydrogen) atoms. The Morgan fingerprint density at radius 3 is 1.67 bits per heavy atom. The number of anilines is 2. The summed E-state index contributed by atoms with van der Waals surface area (Å²) in [6.45, 7) is 8.34. The minimum Gasteiger partial charge on any atom is -0.491 e. The van der Waals surface area contributed by atoms with Crippen molar-refractivity contribution >= 4 is 17.3 Å². The maximum Gasteiger partial charge on any atom is 0.338 e. The summed E-state index contributed by atoms with van der Waals surface area (Å²) in [7, 11) is 0. The number of esters is 1. The zero-order valence-electron chi connectivity index (χ0n) is 23.1. The highest BCUT2D eigenvalue weighted by Crippen LogP contribution is 2.13. The molecule has 0 heterocycles. The molecular formula is C29H44N2O8. The predicted octanol–water partition coefficient (Wildman–Crippen LogP) is 3.80. The fraction of sp³-hybridized carbons (Fsp3) is 0.552. The summed E-state index contributed by atoms with van der Waals surface area (Å²) in [5.74, 6) is 0.410. The van der Waals surface area contributed by atoms with Gasteiger partial charge in [0.05, 0.1) is 71.6 Å². The highest BCUT2D eigenvalue weighted by molar-refractivity contribution is 5.89. The average molecular weight is 549 g/mol. The molecule has 0 saturated heterocycles. The fourth-order valence-electron chi connectivity index (χ4n) is 3.17. The lowest BCUT2D eigenvalue weighted by molar-refractivity contribution is -0.0163. The van der Waals surface area contributed by atoms with Crippen LogP contribution in [0.1, 0.15) is 30.1 Å². The molecule has 0 aromatic heterocycles. The van der Waals surface area contributed by atoms with Gasteiger partial charge >= 0.3 is 5.97 Å². The molecule has 2 aromatic rings. The van der Waals surface area contributed by atoms with Gasteiger partial charge in [0.25, 0.3) is 0 Å². The van der Waals surface area contributed by atoms with Crippen LogP contribution in [-0.4, -0.2) is 91.8 Å². The molecule has 0 radical (unpaired) electrons. The molecule has 0 fully saturated rings. The second-order valence-electron chi connectivity index (χ2n) is 8.47. The summed E-state index contributed by atoms with van der Waals surface area (Å²) in [5.41, 5.74) is 7.86. The first-order chi connectivity index (χ1) is 19.2. The van der Waals surface area contributed by atoms with Gasteiger partial charge < -0.3 is 44.2 Å². The third kappa shape index (κ3) is 16.6. The smallest absolute Gasteiger partial charge is 0.338 e. The van der Waals surface area contributed by atoms with E-state index in [1.165, 1.54) is 0 Å². The Labute approximate surface area is 232 Å². The highest BCUT2D eigenvalue weighted by atomic mass is 16.6. The molecule has 218 valence electrons. The topological polar surface area (TPSA) is 120 Å². The molecule has 0 unspecified atom stereocenters. The molecule has 0 aliphatic heterocycles. The van der Waals surface area contributed by atoms with E-state index in [0.717, 1.165) is 30.8 Å². The number of carbonyl (C=O) groups excluding carboxylic acids is 1. The van der Waals surface area contributed by atoms with E-state index in [0.29, 0.717) is 83.9 Å². The Morgan fingerprint density at radius 1 is 0.667 bits per heavy atom. The Morgan fingerprint density at radius 2 is 1.15 bits per heavy atom. The number of ether oxygens (including phenoxy) is 7. The molecule has 0 saturated carbocycles. The molecule has 0 amide bonds. The highest BCUT2D eigenvalue weighted by Gasteiger charge is 2.06. The second-order valence-corrected chi connectivity index (χ2v) is 8.47. The summed E-state index contributed by atoms with van der Waals surface area (Å²) < 4.78 is 38.0. The van der Waals surface area contributed by atoms with Crippen molar-refractivity contribution in [3.05, 3.63) is 54.1 Å². The zero-order valence-corrected chi connectivity index (χ0v) is 23.1. The lowest BCUT2D eigenvalue weighted by Gasteiger charge is -2.09. The first-order valence-electron chi connectivity index (χ1n) is 13.6. The summed E-state index contributed by atoms with van der Waals surface area (Å²) in [6.07, 6.45) is 2.25. The van der Waals surface area contributed by atoms with E-state index < -0.39 is 0 Å². The van der Waals surface area contributed by atoms with Crippen LogP contribution in [0.3, 0.4) is 0 Å². The maximum atomic E-state index is 12.1. The monoisotopic (exact) mass is 548 g/mol. The number of unbranched alkanes of at least 4 members (excludes halogenated alkanes) is 1. The van der Waals surface area contributed by atoms with Crippen LogP contribution in [-0.2, 0) is 28.4 Å². The molecule has 0 atom stereocenters. The van der Waals surface area contributed by atoms with Crippen molar-refractivity contribution in [1.29, 1.82) is 0 Å². The molecule has 10 heteroatoms. The molecule has 0 aliphatic carbocycles. The van der Waals surface area contributed by atoms with Crippen molar-refractivity contribution < 1.29 is 38.0 Å². The van der Waals surface area contributed by atoms with Crippen molar-refractivity contribution in [3.8, 4) is 5.75 Å². The van der Waals surface area contributed by atoms with Crippen LogP contribution in [0.4, 0.5) is 11.4 Å². The lowest BCUT2D eigenvalue weighted by atomic mass is 10.2. The van der Waals surface area contributed by atoms with E-state index >= 15 is 0 Å². The normalized spacial score (nSPS) is 10.9. The minimum absolute atomic E-state index is 0.195. The van der Waals surface area contributed by atoms with Crippen LogP contribution in [0.15, 0.2) is 48.5 Å². The summed E-state index contributed by atoms with van der Waals surface area (Å²) >= 11 is 0. The van der Waals surface area contributed by atoms with Crippen molar-refractivity contribution in [2.75, 3.05) is 96.9 Å². The second kappa shape index (κ2) is 22.0. The average Bonchev–Trinajstić information content (AvgIpc) is 2.95. The van der Waals surface area contributed by atoms with Crippen molar-refractivity contribution in [2.24, 2.45) is 0 Å². The van der Waals surface area contributed by atoms with Crippen molar-refractivity contribution in [2.45, 2.75) is 19.8 Å². The largest absolute Gasteiger partial charge is 0.491 e. The van der Waals surface area contributed by atoms with Gasteiger partial charge in [0.2, 0.25) is 0 Å². The third-order valence-electron chi connectivity index (χ3n) is 5.31. The number of nitrogens with one attached hydrogen (secondary N) is 1. The number of benzene rings is 2. The minimum atomic E-state index is -0.358. The van der Waals surface area contributed by atoms with E-state index in [2.05, 4.69) is 12.2 Å². The molecule has 2 rings (SSSR count). The lowest BCUT2D eigenvalue weighted by Crippen LogP contribution is -2.15. The van der Waals surface area contributed by atoms with Crippen LogP contribution >= 0.6 is 0 Å². The molecule has 0 spiro atoms. The van der Waals surface area contributed by atoms with Gasteiger partial charge in [0, 0.05) is 17.9 Å². The summed E-state index contributed by atoms with van der Waals surface area (Å²) in [4.78, 5) is 12.1. The number of nitrogens with two attached hydrogens (primary N) is 1. The van der Waals surface area contributed by atoms with E-state index in [-0.39, 0.29) is 12.6 Å². The van der Waals surface area contributed by atoms with E-state index in [1.807, 2.05) is 24.3 Å². The van der Waals surface area contributed by atoms with Crippen LogP contribution in [0.25, 0.3) is 0 Å². The standard InChI is InChI=1S/C29H44N2O8/c1-2-3-12-31-27-8-4-25(5-9-27)29(32)39-24-22-37-20-18-35-16-14-33-13-15-34-17-19-36-21-23-38-28-10-6-26(30)7-11-28/h4-11,31H,2-3,12-24,30H2,1H3. The summed E-state index contributed by atoms with van der Waals surface area (Å²) in [5, 5.41) is 3.31. The predicted molar refractivity (Wildman–Crippen MR) is 151 cm³/mol. The molecule has 10 nitrogen and oxygen atoms in total. The fourth-order valence-corrected chi connectivity index (χ4v) is 3.17. The SMILES string of the molecule is CCCCNc1ccc(C(=O)OCCOCCOCCOCCOCCOCCOc2ccc(N)cc2)cc1. The number of nitrogen functional groups attached to an aromatic ring is 1. The summed E-state index contributed by atoms with van der Waals surface area (Å²) in [6, 6.07) is 14.5. The van der Waals surface area contributed by atoms with Crippen LogP contribution < -0.4 is 15.8 Å². The van der Waals surface area contributed by atoms with Crippen molar-refractivity contribution in [3.63, 3.8) is 0 Å². The number of hydrogen-bond acceptors (Lipinski definition) is 10. The molecule has 0 aliphatic rings. The van der Waals surface area contributed by atoms with E-state index in [9.17, 15) is 4.79 Å². The number of hydrogen-bond donors (Lipinski definition) is 2. The van der Waals surface area contributed by atoms with Gasteiger partial charge in [-0.05, 0) is 55.0 Å². The number of rotatable bonds is 24. The van der Waals surface area contributed by atoms with Gasteiger partial charge in [-0.15, -0.1) is 0 Å². The Balaban J connectivity index is 1.28. The molecule has 0 bridgehead atoms. The van der Waals surface area contributed by atoms with E-state index in [4.69, 9.17) is 38.9 Å². The maximum absolute atomic E-state index is 12.1. The number of carbonyl (C=O) groups is 1. The third-order valence-corrected chi connectivity index (χ3v) is 5.31. The van der Waals surface area contributed by atoms with Gasteiger partial charge in [-0.2, -0.15) is 0 Å². The zero-order chi connectivity index (χ0) is 27.8. The Bertz CT molecular complexity index is 865. The Kier molecular flexibility index (Phi) is 18.2. The van der Waals surface area contributed by atoms with Gasteiger partial charge in [0.1, 0.15) is 19.0 Å². The van der Waals surface area contributed by atoms with Crippen LogP contribution in [0, 0.1) is 0 Å². The molecular weight excluding hydrogens is 504 g/mol. The first kappa shape index (κ1) is 32.3. The molecule has 3 N–H and O–H groups in total. The van der Waals surface area contributed by atoms with Gasteiger partial charge in [-0.3, -0.25) is 0 Å². The Hall–Kier alpha value is -2.89. The van der Waals surface area contributed by atoms with Gasteiger partial charge in [-0.25, -0.2) is 4.79 Å².